The number of fused-ring (bicyclic) bond motifs is 2. The van der Waals surface area contributed by atoms with Gasteiger partial charge < -0.3 is 0 Å². The smallest absolute Gasteiger partial charge is 0.0380 e. The van der Waals surface area contributed by atoms with Crippen molar-refractivity contribution in [3.8, 4) is 0 Å². The van der Waals surface area contributed by atoms with E-state index in [0.717, 1.165) is 23.7 Å². The highest BCUT2D eigenvalue weighted by molar-refractivity contribution is 4.96. The molecule has 0 heterocycles. The van der Waals surface area contributed by atoms with Gasteiger partial charge in [-0.1, -0.05) is 6.92 Å². The van der Waals surface area contributed by atoms with E-state index in [-0.39, 0.29) is 0 Å². The molecule has 0 N–H and O–H groups in total. The summed E-state index contributed by atoms with van der Waals surface area (Å²) in [5.74, 6) is 5.71. The lowest BCUT2D eigenvalue weighted by Crippen LogP contribution is -2.29. The van der Waals surface area contributed by atoms with Crippen LogP contribution in [0.3, 0.4) is 0 Å². The number of hydrogen-bond acceptors (Lipinski definition) is 0. The Balaban J connectivity index is 1.93. The minimum atomic E-state index is 1.07. The predicted octanol–water partition coefficient (Wildman–Crippen LogP) is 3.08. The fourth-order valence-corrected chi connectivity index (χ4v) is 4.16. The van der Waals surface area contributed by atoms with Gasteiger partial charge in [0, 0.05) is 0 Å². The quantitative estimate of drug-likeness (QED) is 0.498. The molecule has 0 saturated heterocycles. The first kappa shape index (κ1) is 6.51. The summed E-state index contributed by atoms with van der Waals surface area (Å²) in [5, 5.41) is 0. The summed E-state index contributed by atoms with van der Waals surface area (Å²) in [6, 6.07) is 0. The highest BCUT2D eigenvalue weighted by Gasteiger charge is 2.46. The zero-order valence-corrected chi connectivity index (χ0v) is 7.42. The number of rotatable bonds is 0. The number of hydrogen-bond donors (Lipinski definition) is 0. The minimum Gasteiger partial charge on any atom is -0.0622 e. The fourth-order valence-electron chi connectivity index (χ4n) is 4.16. The lowest BCUT2D eigenvalue weighted by molar-refractivity contribution is 0.121. The summed E-state index contributed by atoms with van der Waals surface area (Å²) >= 11 is 0. The van der Waals surface area contributed by atoms with Crippen LogP contribution in [0, 0.1) is 29.6 Å². The van der Waals surface area contributed by atoms with E-state index in [2.05, 4.69) is 6.92 Å². The van der Waals surface area contributed by atoms with Gasteiger partial charge in [0.25, 0.3) is 0 Å². The van der Waals surface area contributed by atoms with Crippen molar-refractivity contribution in [3.05, 3.63) is 0 Å². The monoisotopic (exact) mass is 150 g/mol. The van der Waals surface area contributed by atoms with Gasteiger partial charge in [0.2, 0.25) is 0 Å². The fraction of sp³-hybridized carbons (Fsp3) is 1.00. The second-order valence-electron chi connectivity index (χ2n) is 5.30. The highest BCUT2D eigenvalue weighted by Crippen LogP contribution is 2.56. The second-order valence-corrected chi connectivity index (χ2v) is 5.30. The average Bonchev–Trinajstić information content (AvgIpc) is 2.19. The van der Waals surface area contributed by atoms with Crippen molar-refractivity contribution in [3.63, 3.8) is 0 Å². The molecule has 3 aliphatic rings. The Hall–Kier alpha value is 0. The molecule has 3 saturated carbocycles. The third-order valence-electron chi connectivity index (χ3n) is 4.66. The van der Waals surface area contributed by atoms with Gasteiger partial charge in [0.1, 0.15) is 0 Å². The van der Waals surface area contributed by atoms with Crippen LogP contribution in [0.2, 0.25) is 0 Å². The van der Waals surface area contributed by atoms with Gasteiger partial charge in [-0.25, -0.2) is 0 Å². The van der Waals surface area contributed by atoms with Crippen LogP contribution in [0.1, 0.15) is 39.0 Å². The molecule has 5 unspecified atom stereocenters. The summed E-state index contributed by atoms with van der Waals surface area (Å²) in [6.07, 6.45) is 7.97. The Labute approximate surface area is 69.4 Å². The zero-order valence-electron chi connectivity index (χ0n) is 7.42. The van der Waals surface area contributed by atoms with Gasteiger partial charge in [-0.2, -0.15) is 0 Å². The van der Waals surface area contributed by atoms with Gasteiger partial charge in [-0.3, -0.25) is 0 Å². The summed E-state index contributed by atoms with van der Waals surface area (Å²) in [7, 11) is 0. The molecule has 0 aromatic heterocycles. The topological polar surface area (TPSA) is 0 Å². The van der Waals surface area contributed by atoms with Crippen molar-refractivity contribution in [2.75, 3.05) is 0 Å². The molecular weight excluding hydrogens is 132 g/mol. The van der Waals surface area contributed by atoms with Gasteiger partial charge in [-0.05, 0) is 61.7 Å². The Bertz CT molecular complexity index is 169. The van der Waals surface area contributed by atoms with Gasteiger partial charge in [-0.15, -0.1) is 0 Å². The lowest BCUT2D eigenvalue weighted by Gasteiger charge is -2.38. The summed E-state index contributed by atoms with van der Waals surface area (Å²) in [6.45, 7) is 2.49. The standard InChI is InChI=1S/C11H18/c1-7-2-10-4-8-3-9(7)6-11(10)5-8/h7-11H,2-6H2,1H3. The van der Waals surface area contributed by atoms with Crippen molar-refractivity contribution in [2.45, 2.75) is 39.0 Å². The molecule has 0 spiro atoms. The first-order valence-corrected chi connectivity index (χ1v) is 5.33. The molecule has 3 rings (SSSR count). The molecule has 3 bridgehead atoms. The Morgan fingerprint density at radius 2 is 1.36 bits per heavy atom. The van der Waals surface area contributed by atoms with Crippen LogP contribution in [-0.2, 0) is 0 Å². The third-order valence-corrected chi connectivity index (χ3v) is 4.66. The van der Waals surface area contributed by atoms with E-state index in [1.807, 2.05) is 0 Å². The lowest BCUT2D eigenvalue weighted by atomic mass is 9.67. The van der Waals surface area contributed by atoms with Gasteiger partial charge in [0.05, 0.1) is 0 Å². The molecule has 0 nitrogen and oxygen atoms in total. The second kappa shape index (κ2) is 2.02. The van der Waals surface area contributed by atoms with Crippen LogP contribution in [0.25, 0.3) is 0 Å². The molecule has 3 fully saturated rings. The van der Waals surface area contributed by atoms with Crippen LogP contribution in [0.5, 0.6) is 0 Å². The van der Waals surface area contributed by atoms with Gasteiger partial charge in [0.15, 0.2) is 0 Å². The third kappa shape index (κ3) is 0.816. The summed E-state index contributed by atoms with van der Waals surface area (Å²) in [5.41, 5.74) is 0. The Morgan fingerprint density at radius 1 is 0.727 bits per heavy atom. The first-order chi connectivity index (χ1) is 5.33. The zero-order chi connectivity index (χ0) is 7.42. The van der Waals surface area contributed by atoms with Crippen LogP contribution < -0.4 is 0 Å². The molecule has 11 heavy (non-hydrogen) atoms. The van der Waals surface area contributed by atoms with E-state index in [1.54, 1.807) is 32.1 Å². The molecule has 0 radical (unpaired) electrons. The highest BCUT2D eigenvalue weighted by atomic mass is 14.5. The van der Waals surface area contributed by atoms with Crippen molar-refractivity contribution in [1.82, 2.24) is 0 Å². The normalized spacial score (nSPS) is 60.3. The van der Waals surface area contributed by atoms with Gasteiger partial charge >= 0.3 is 0 Å². The molecular formula is C11H18. The predicted molar refractivity (Wildman–Crippen MR) is 46.2 cm³/mol. The van der Waals surface area contributed by atoms with E-state index < -0.39 is 0 Å². The molecule has 0 aliphatic heterocycles. The average molecular weight is 150 g/mol. The van der Waals surface area contributed by atoms with E-state index >= 15 is 0 Å². The molecule has 0 heteroatoms. The van der Waals surface area contributed by atoms with Crippen LogP contribution in [0.15, 0.2) is 0 Å². The maximum Gasteiger partial charge on any atom is -0.0380 e. The van der Waals surface area contributed by atoms with E-state index in [0.29, 0.717) is 0 Å². The van der Waals surface area contributed by atoms with E-state index in [1.165, 1.54) is 5.92 Å². The summed E-state index contributed by atoms with van der Waals surface area (Å²) in [4.78, 5) is 0. The Kier molecular flexibility index (Phi) is 1.20. The largest absolute Gasteiger partial charge is 0.0622 e. The molecule has 0 aromatic carbocycles. The maximum absolute atomic E-state index is 2.49. The first-order valence-electron chi connectivity index (χ1n) is 5.33. The molecule has 0 aromatic rings. The van der Waals surface area contributed by atoms with Crippen molar-refractivity contribution in [2.24, 2.45) is 29.6 Å². The minimum absolute atomic E-state index is 1.07. The molecule has 3 aliphatic carbocycles. The maximum atomic E-state index is 2.49. The van der Waals surface area contributed by atoms with E-state index in [4.69, 9.17) is 0 Å². The van der Waals surface area contributed by atoms with Crippen LogP contribution in [0.4, 0.5) is 0 Å². The van der Waals surface area contributed by atoms with Crippen molar-refractivity contribution < 1.29 is 0 Å². The van der Waals surface area contributed by atoms with Crippen molar-refractivity contribution in [1.29, 1.82) is 0 Å². The van der Waals surface area contributed by atoms with Crippen molar-refractivity contribution >= 4 is 0 Å². The summed E-state index contributed by atoms with van der Waals surface area (Å²) < 4.78 is 0. The van der Waals surface area contributed by atoms with Crippen LogP contribution in [-0.4, -0.2) is 0 Å². The van der Waals surface area contributed by atoms with E-state index in [9.17, 15) is 0 Å². The molecule has 0 amide bonds. The van der Waals surface area contributed by atoms with Crippen LogP contribution >= 0.6 is 0 Å². The Morgan fingerprint density at radius 3 is 2.18 bits per heavy atom. The molecule has 5 atom stereocenters. The SMILES string of the molecule is CC1CC2CC3CC1CC2C3. The molecule has 62 valence electrons.